The van der Waals surface area contributed by atoms with Gasteiger partial charge >= 0.3 is 0 Å². The predicted octanol–water partition coefficient (Wildman–Crippen LogP) is 2.75. The van der Waals surface area contributed by atoms with Crippen LogP contribution in [0.3, 0.4) is 0 Å². The summed E-state index contributed by atoms with van der Waals surface area (Å²) in [5, 5.41) is 4.34. The highest BCUT2D eigenvalue weighted by Crippen LogP contribution is 2.14. The molecule has 1 N–H and O–H groups in total. The quantitative estimate of drug-likeness (QED) is 0.679. The first kappa shape index (κ1) is 13.4. The number of carbonyl (C=O) groups is 1. The number of nitrogens with one attached hydrogen (secondary N) is 1. The van der Waals surface area contributed by atoms with Crippen molar-refractivity contribution in [2.24, 2.45) is 12.1 Å². The summed E-state index contributed by atoms with van der Waals surface area (Å²) in [7, 11) is 1.94. The molecule has 0 fully saturated rings. The number of hydrazone groups is 1. The van der Waals surface area contributed by atoms with Crippen LogP contribution in [0.15, 0.2) is 41.5 Å². The van der Waals surface area contributed by atoms with Crippen molar-refractivity contribution in [1.82, 2.24) is 9.99 Å². The SMILES string of the molecule is Cc1ccc(/C=N/NC(=O)c2ccccc2Cl)n1C. The molecular weight excluding hydrogens is 262 g/mol. The fourth-order valence-electron chi connectivity index (χ4n) is 1.63. The Kier molecular flexibility index (Phi) is 4.02. The maximum Gasteiger partial charge on any atom is 0.272 e. The minimum Gasteiger partial charge on any atom is -0.347 e. The van der Waals surface area contributed by atoms with Gasteiger partial charge in [0.25, 0.3) is 5.91 Å². The predicted molar refractivity (Wildman–Crippen MR) is 76.7 cm³/mol. The van der Waals surface area contributed by atoms with Gasteiger partial charge in [-0.2, -0.15) is 5.10 Å². The van der Waals surface area contributed by atoms with Crippen molar-refractivity contribution in [3.05, 3.63) is 58.4 Å². The molecule has 0 saturated heterocycles. The van der Waals surface area contributed by atoms with E-state index in [1.807, 2.05) is 30.7 Å². The molecule has 98 valence electrons. The molecule has 0 unspecified atom stereocenters. The Bertz CT molecular complexity index is 631. The van der Waals surface area contributed by atoms with Crippen LogP contribution in [-0.4, -0.2) is 16.7 Å². The highest BCUT2D eigenvalue weighted by atomic mass is 35.5. The van der Waals surface area contributed by atoms with Crippen LogP contribution in [0.2, 0.25) is 5.02 Å². The van der Waals surface area contributed by atoms with Gasteiger partial charge in [-0.25, -0.2) is 5.43 Å². The lowest BCUT2D eigenvalue weighted by Gasteiger charge is -2.02. The molecule has 0 bridgehead atoms. The lowest BCUT2D eigenvalue weighted by Crippen LogP contribution is -2.18. The van der Waals surface area contributed by atoms with E-state index in [0.29, 0.717) is 10.6 Å². The molecule has 1 heterocycles. The van der Waals surface area contributed by atoms with Crippen LogP contribution < -0.4 is 5.43 Å². The molecule has 0 radical (unpaired) electrons. The molecular formula is C14H14ClN3O. The zero-order valence-corrected chi connectivity index (χ0v) is 11.5. The summed E-state index contributed by atoms with van der Waals surface area (Å²) in [6, 6.07) is 10.8. The Morgan fingerprint density at radius 2 is 2.05 bits per heavy atom. The third-order valence-corrected chi connectivity index (χ3v) is 3.22. The van der Waals surface area contributed by atoms with Crippen molar-refractivity contribution in [2.45, 2.75) is 6.92 Å². The third-order valence-electron chi connectivity index (χ3n) is 2.89. The fraction of sp³-hybridized carbons (Fsp3) is 0.143. The van der Waals surface area contributed by atoms with Gasteiger partial charge in [0.1, 0.15) is 0 Å². The summed E-state index contributed by atoms with van der Waals surface area (Å²) in [6.45, 7) is 2.00. The zero-order chi connectivity index (χ0) is 13.8. The number of amides is 1. The zero-order valence-electron chi connectivity index (χ0n) is 10.7. The molecule has 0 aliphatic rings. The molecule has 0 aliphatic carbocycles. The van der Waals surface area contributed by atoms with Crippen LogP contribution in [0, 0.1) is 6.92 Å². The average molecular weight is 276 g/mol. The van der Waals surface area contributed by atoms with Gasteiger partial charge in [-0.15, -0.1) is 0 Å². The summed E-state index contributed by atoms with van der Waals surface area (Å²) in [5.74, 6) is -0.326. The van der Waals surface area contributed by atoms with E-state index < -0.39 is 0 Å². The van der Waals surface area contributed by atoms with E-state index in [1.165, 1.54) is 0 Å². The van der Waals surface area contributed by atoms with E-state index in [4.69, 9.17) is 11.6 Å². The largest absolute Gasteiger partial charge is 0.347 e. The molecule has 0 aliphatic heterocycles. The number of hydrogen-bond acceptors (Lipinski definition) is 2. The molecule has 0 spiro atoms. The molecule has 5 heteroatoms. The lowest BCUT2D eigenvalue weighted by atomic mass is 10.2. The normalized spacial score (nSPS) is 10.9. The minimum absolute atomic E-state index is 0.326. The monoisotopic (exact) mass is 275 g/mol. The van der Waals surface area contributed by atoms with Crippen LogP contribution in [0.4, 0.5) is 0 Å². The molecule has 2 aromatic rings. The first-order valence-electron chi connectivity index (χ1n) is 5.80. The van der Waals surface area contributed by atoms with Crippen molar-refractivity contribution in [2.75, 3.05) is 0 Å². The van der Waals surface area contributed by atoms with Gasteiger partial charge in [-0.3, -0.25) is 4.79 Å². The topological polar surface area (TPSA) is 46.4 Å². The summed E-state index contributed by atoms with van der Waals surface area (Å²) >= 11 is 5.93. The lowest BCUT2D eigenvalue weighted by molar-refractivity contribution is 0.0955. The Labute approximate surface area is 116 Å². The summed E-state index contributed by atoms with van der Waals surface area (Å²) in [6.07, 6.45) is 1.60. The van der Waals surface area contributed by atoms with E-state index >= 15 is 0 Å². The van der Waals surface area contributed by atoms with Crippen molar-refractivity contribution in [3.8, 4) is 0 Å². The number of rotatable bonds is 3. The van der Waals surface area contributed by atoms with Crippen LogP contribution in [-0.2, 0) is 7.05 Å². The number of carbonyl (C=O) groups excluding carboxylic acids is 1. The Balaban J connectivity index is 2.05. The Morgan fingerprint density at radius 3 is 2.68 bits per heavy atom. The number of hydrogen-bond donors (Lipinski definition) is 1. The van der Waals surface area contributed by atoms with E-state index in [2.05, 4.69) is 10.5 Å². The maximum atomic E-state index is 11.8. The molecule has 4 nitrogen and oxygen atoms in total. The van der Waals surface area contributed by atoms with Gasteiger partial charge in [0, 0.05) is 12.7 Å². The molecule has 2 rings (SSSR count). The number of nitrogens with zero attached hydrogens (tertiary/aromatic N) is 2. The summed E-state index contributed by atoms with van der Waals surface area (Å²) < 4.78 is 1.98. The standard InChI is InChI=1S/C14H14ClN3O/c1-10-7-8-11(18(10)2)9-16-17-14(19)12-5-3-4-6-13(12)15/h3-9H,1-2H3,(H,17,19)/b16-9+. The van der Waals surface area contributed by atoms with Gasteiger partial charge in [-0.1, -0.05) is 23.7 Å². The molecule has 1 aromatic carbocycles. The number of halogens is 1. The van der Waals surface area contributed by atoms with E-state index in [9.17, 15) is 4.79 Å². The van der Waals surface area contributed by atoms with Gasteiger partial charge < -0.3 is 4.57 Å². The van der Waals surface area contributed by atoms with Crippen LogP contribution in [0.1, 0.15) is 21.7 Å². The molecule has 0 saturated carbocycles. The van der Waals surface area contributed by atoms with E-state index in [0.717, 1.165) is 11.4 Å². The van der Waals surface area contributed by atoms with Crippen LogP contribution in [0.25, 0.3) is 0 Å². The number of benzene rings is 1. The van der Waals surface area contributed by atoms with Gasteiger partial charge in [0.05, 0.1) is 22.5 Å². The molecule has 1 aromatic heterocycles. The van der Waals surface area contributed by atoms with E-state index in [1.54, 1.807) is 30.5 Å². The minimum atomic E-state index is -0.326. The highest BCUT2D eigenvalue weighted by molar-refractivity contribution is 6.33. The number of aryl methyl sites for hydroxylation is 1. The van der Waals surface area contributed by atoms with Gasteiger partial charge in [0.15, 0.2) is 0 Å². The van der Waals surface area contributed by atoms with Gasteiger partial charge in [0.2, 0.25) is 0 Å². The second-order valence-corrected chi connectivity index (χ2v) is 4.54. The summed E-state index contributed by atoms with van der Waals surface area (Å²) in [4.78, 5) is 11.8. The molecule has 0 atom stereocenters. The molecule has 1 amide bonds. The van der Waals surface area contributed by atoms with Crippen LogP contribution >= 0.6 is 11.6 Å². The Morgan fingerprint density at radius 1 is 1.32 bits per heavy atom. The average Bonchev–Trinajstić information content (AvgIpc) is 2.71. The van der Waals surface area contributed by atoms with Gasteiger partial charge in [-0.05, 0) is 31.2 Å². The summed E-state index contributed by atoms with van der Waals surface area (Å²) in [5.41, 5.74) is 4.90. The first-order chi connectivity index (χ1) is 9.09. The first-order valence-corrected chi connectivity index (χ1v) is 6.17. The van der Waals surface area contributed by atoms with Crippen molar-refractivity contribution in [1.29, 1.82) is 0 Å². The Hall–Kier alpha value is -2.07. The van der Waals surface area contributed by atoms with E-state index in [-0.39, 0.29) is 5.91 Å². The molecule has 19 heavy (non-hydrogen) atoms. The second kappa shape index (κ2) is 5.71. The number of aromatic nitrogens is 1. The smallest absolute Gasteiger partial charge is 0.272 e. The maximum absolute atomic E-state index is 11.8. The third kappa shape index (κ3) is 3.03. The highest BCUT2D eigenvalue weighted by Gasteiger charge is 2.07. The van der Waals surface area contributed by atoms with Crippen molar-refractivity contribution >= 4 is 23.7 Å². The van der Waals surface area contributed by atoms with Crippen molar-refractivity contribution < 1.29 is 4.79 Å². The van der Waals surface area contributed by atoms with Crippen molar-refractivity contribution in [3.63, 3.8) is 0 Å². The second-order valence-electron chi connectivity index (χ2n) is 4.14. The van der Waals surface area contributed by atoms with Crippen LogP contribution in [0.5, 0.6) is 0 Å². The fourth-order valence-corrected chi connectivity index (χ4v) is 1.85.